The Kier molecular flexibility index (Phi) is 10.1. The highest BCUT2D eigenvalue weighted by Crippen LogP contribution is 2.48. The highest BCUT2D eigenvalue weighted by atomic mass is 19.1. The predicted molar refractivity (Wildman–Crippen MR) is 154 cm³/mol. The van der Waals surface area contributed by atoms with E-state index in [-0.39, 0.29) is 25.4 Å². The van der Waals surface area contributed by atoms with Crippen LogP contribution in [0.1, 0.15) is 63.5 Å². The zero-order valence-electron chi connectivity index (χ0n) is 23.7. The van der Waals surface area contributed by atoms with Crippen LogP contribution in [-0.2, 0) is 9.53 Å². The maximum atomic E-state index is 17.4. The first kappa shape index (κ1) is 30.2. The molecule has 6 heteroatoms. The number of allylic oxidation sites excluding steroid dienone is 2. The van der Waals surface area contributed by atoms with Crippen LogP contribution in [0.5, 0.6) is 11.5 Å². The Labute approximate surface area is 232 Å². The number of ether oxygens (including phenoxy) is 3. The van der Waals surface area contributed by atoms with E-state index in [9.17, 15) is 9.90 Å². The summed E-state index contributed by atoms with van der Waals surface area (Å²) in [7, 11) is 3.12. The average Bonchev–Trinajstić information content (AvgIpc) is 2.91. The van der Waals surface area contributed by atoms with Gasteiger partial charge in [0.15, 0.2) is 5.67 Å². The first-order chi connectivity index (χ1) is 18.6. The normalized spacial score (nSPS) is 18.9. The van der Waals surface area contributed by atoms with Crippen LogP contribution in [-0.4, -0.2) is 43.7 Å². The lowest BCUT2D eigenvalue weighted by Gasteiger charge is -2.44. The number of hydrogen-bond acceptors (Lipinski definition) is 4. The number of hydrogen-bond donors (Lipinski definition) is 1. The Balaban J connectivity index is 1.93. The summed E-state index contributed by atoms with van der Waals surface area (Å²) >= 11 is 0. The molecule has 3 atom stereocenters. The maximum Gasteiger partial charge on any atom is 0.303 e. The van der Waals surface area contributed by atoms with Gasteiger partial charge in [-0.15, -0.1) is 6.58 Å². The number of methoxy groups -OCH3 is 2. The lowest BCUT2D eigenvalue weighted by molar-refractivity contribution is -0.137. The Morgan fingerprint density at radius 1 is 1.15 bits per heavy atom. The predicted octanol–water partition coefficient (Wildman–Crippen LogP) is 7.78. The zero-order valence-corrected chi connectivity index (χ0v) is 23.7. The Morgan fingerprint density at radius 3 is 2.51 bits per heavy atom. The Morgan fingerprint density at radius 2 is 1.87 bits per heavy atom. The third-order valence-electron chi connectivity index (χ3n) is 7.46. The van der Waals surface area contributed by atoms with Gasteiger partial charge in [0.25, 0.3) is 0 Å². The molecule has 0 amide bonds. The molecular weight excluding hydrogens is 495 g/mol. The highest BCUT2D eigenvalue weighted by molar-refractivity contribution is 5.77. The van der Waals surface area contributed by atoms with Gasteiger partial charge < -0.3 is 19.3 Å². The lowest BCUT2D eigenvalue weighted by atomic mass is 9.69. The Bertz CT molecular complexity index is 1210. The molecule has 210 valence electrons. The molecule has 0 heterocycles. The van der Waals surface area contributed by atoms with Crippen LogP contribution in [0.4, 0.5) is 4.39 Å². The minimum absolute atomic E-state index is 0.0716. The second-order valence-electron chi connectivity index (χ2n) is 10.8. The van der Waals surface area contributed by atoms with Gasteiger partial charge in [-0.3, -0.25) is 4.79 Å². The van der Waals surface area contributed by atoms with Crippen LogP contribution in [0.2, 0.25) is 0 Å². The van der Waals surface area contributed by atoms with Gasteiger partial charge in [0.05, 0.1) is 13.5 Å². The van der Waals surface area contributed by atoms with E-state index < -0.39 is 23.2 Å². The van der Waals surface area contributed by atoms with Gasteiger partial charge in [-0.05, 0) is 58.9 Å². The van der Waals surface area contributed by atoms with Gasteiger partial charge in [0.2, 0.25) is 0 Å². The number of carbonyl (C=O) groups is 1. The summed E-state index contributed by atoms with van der Waals surface area (Å²) in [6, 6.07) is 14.9. The van der Waals surface area contributed by atoms with Crippen molar-refractivity contribution in [1.29, 1.82) is 0 Å². The van der Waals surface area contributed by atoms with Crippen molar-refractivity contribution < 1.29 is 28.5 Å². The van der Waals surface area contributed by atoms with Crippen LogP contribution in [0.15, 0.2) is 78.9 Å². The topological polar surface area (TPSA) is 65.0 Å². The van der Waals surface area contributed by atoms with Crippen molar-refractivity contribution in [3.8, 4) is 11.5 Å². The summed E-state index contributed by atoms with van der Waals surface area (Å²) in [6.07, 6.45) is 6.47. The van der Waals surface area contributed by atoms with Crippen molar-refractivity contribution in [3.63, 3.8) is 0 Å². The lowest BCUT2D eigenvalue weighted by Crippen LogP contribution is -2.49. The third kappa shape index (κ3) is 7.18. The summed E-state index contributed by atoms with van der Waals surface area (Å²) in [5.74, 6) is 0.372. The van der Waals surface area contributed by atoms with E-state index in [4.69, 9.17) is 14.2 Å². The second-order valence-corrected chi connectivity index (χ2v) is 10.8. The molecule has 0 aromatic heterocycles. The molecule has 1 aliphatic rings. The molecule has 0 radical (unpaired) electrons. The minimum atomic E-state index is -1.86. The molecule has 1 aliphatic carbocycles. The number of benzene rings is 2. The molecule has 0 aliphatic heterocycles. The summed E-state index contributed by atoms with van der Waals surface area (Å²) in [5, 5.41) is 9.33. The summed E-state index contributed by atoms with van der Waals surface area (Å²) in [4.78, 5) is 11.4. The Hall–Kier alpha value is -3.38. The van der Waals surface area contributed by atoms with Crippen molar-refractivity contribution in [3.05, 3.63) is 90.0 Å². The maximum absolute atomic E-state index is 17.4. The number of halogens is 1. The van der Waals surface area contributed by atoms with Gasteiger partial charge in [0.1, 0.15) is 24.2 Å². The standard InChI is InChI=1S/C33H41FO5/c1-7-11-24(20-30(35)36)25-12-9-15-28(18-25)39-22-23-16-17-29(26-13-10-14-27(19-26)37-5)33(34,21-23)31(38-6)32(3,4)8-2/h8-10,12-19,24,31H,2,7,11,20-22H2,1,3-6H3,(H,35,36)/t24-,31+,33?/m1/s1. The van der Waals surface area contributed by atoms with Gasteiger partial charge in [-0.1, -0.05) is 69.7 Å². The molecule has 0 saturated heterocycles. The summed E-state index contributed by atoms with van der Waals surface area (Å²) in [5.41, 5.74) is 0.445. The molecular formula is C33H41FO5. The van der Waals surface area contributed by atoms with Crippen LogP contribution in [0, 0.1) is 5.41 Å². The van der Waals surface area contributed by atoms with Gasteiger partial charge in [-0.25, -0.2) is 4.39 Å². The van der Waals surface area contributed by atoms with E-state index in [1.807, 2.05) is 81.5 Å². The SMILES string of the molecule is C=CC(C)(C)[C@H](OC)C1(F)CC(COc2cccc([C@H](CCC)CC(=O)O)c2)=CC=C1c1cccc(OC)c1. The monoisotopic (exact) mass is 536 g/mol. The van der Waals surface area contributed by atoms with Crippen LogP contribution in [0.3, 0.4) is 0 Å². The molecule has 3 rings (SSSR count). The first-order valence-corrected chi connectivity index (χ1v) is 13.4. The third-order valence-corrected chi connectivity index (χ3v) is 7.46. The minimum Gasteiger partial charge on any atom is -0.497 e. The molecule has 0 bridgehead atoms. The average molecular weight is 537 g/mol. The van der Waals surface area contributed by atoms with Crippen molar-refractivity contribution >= 4 is 11.5 Å². The van der Waals surface area contributed by atoms with E-state index in [1.165, 1.54) is 7.11 Å². The highest BCUT2D eigenvalue weighted by Gasteiger charge is 2.51. The van der Waals surface area contributed by atoms with E-state index in [0.717, 1.165) is 29.5 Å². The smallest absolute Gasteiger partial charge is 0.303 e. The van der Waals surface area contributed by atoms with E-state index in [0.29, 0.717) is 17.1 Å². The number of aliphatic carboxylic acids is 1. The largest absolute Gasteiger partial charge is 0.497 e. The molecule has 2 aromatic rings. The van der Waals surface area contributed by atoms with Crippen molar-refractivity contribution in [2.24, 2.45) is 5.41 Å². The number of carboxylic acids is 1. The van der Waals surface area contributed by atoms with Crippen molar-refractivity contribution in [1.82, 2.24) is 0 Å². The fourth-order valence-electron chi connectivity index (χ4n) is 5.45. The molecule has 1 N–H and O–H groups in total. The fraction of sp³-hybridized carbons (Fsp3) is 0.424. The summed E-state index contributed by atoms with van der Waals surface area (Å²) < 4.78 is 34.8. The van der Waals surface area contributed by atoms with E-state index in [2.05, 4.69) is 6.58 Å². The number of alkyl halides is 1. The molecule has 1 unspecified atom stereocenters. The van der Waals surface area contributed by atoms with Crippen LogP contribution < -0.4 is 9.47 Å². The first-order valence-electron chi connectivity index (χ1n) is 13.4. The molecule has 39 heavy (non-hydrogen) atoms. The molecule has 2 aromatic carbocycles. The zero-order chi connectivity index (χ0) is 28.6. The number of rotatable bonds is 14. The van der Waals surface area contributed by atoms with Crippen molar-refractivity contribution in [2.45, 2.75) is 64.1 Å². The van der Waals surface area contributed by atoms with Gasteiger partial charge in [-0.2, -0.15) is 0 Å². The summed E-state index contributed by atoms with van der Waals surface area (Å²) in [6.45, 7) is 10.0. The second kappa shape index (κ2) is 13.1. The molecule has 0 saturated carbocycles. The fourth-order valence-corrected chi connectivity index (χ4v) is 5.45. The van der Waals surface area contributed by atoms with E-state index >= 15 is 4.39 Å². The molecule has 5 nitrogen and oxygen atoms in total. The van der Waals surface area contributed by atoms with Gasteiger partial charge in [0, 0.05) is 18.9 Å². The molecule has 0 spiro atoms. The van der Waals surface area contributed by atoms with Crippen LogP contribution in [0.25, 0.3) is 5.57 Å². The quantitative estimate of drug-likeness (QED) is 0.250. The molecule has 0 fully saturated rings. The van der Waals surface area contributed by atoms with Gasteiger partial charge >= 0.3 is 5.97 Å². The number of carboxylic acid groups (broad SMARTS) is 1. The van der Waals surface area contributed by atoms with E-state index in [1.54, 1.807) is 13.2 Å². The van der Waals surface area contributed by atoms with Crippen molar-refractivity contribution in [2.75, 3.05) is 20.8 Å². The van der Waals surface area contributed by atoms with Crippen LogP contribution >= 0.6 is 0 Å².